The van der Waals surface area contributed by atoms with Crippen molar-refractivity contribution in [2.24, 2.45) is 5.10 Å². The number of rotatable bonds is 7. The normalized spacial score (nSPS) is 10.7. The number of hydrogen-bond donors (Lipinski definition) is 1. The van der Waals surface area contributed by atoms with Gasteiger partial charge in [0.15, 0.2) is 6.61 Å². The summed E-state index contributed by atoms with van der Waals surface area (Å²) < 4.78 is 10.8. The molecule has 0 atom stereocenters. The summed E-state index contributed by atoms with van der Waals surface area (Å²) in [6.45, 7) is 3.79. The van der Waals surface area contributed by atoms with E-state index in [9.17, 15) is 9.59 Å². The second kappa shape index (κ2) is 10.4. The zero-order valence-corrected chi connectivity index (χ0v) is 17.8. The number of hydrogen-bond acceptors (Lipinski definition) is 5. The van der Waals surface area contributed by atoms with Crippen LogP contribution in [-0.4, -0.2) is 24.7 Å². The van der Waals surface area contributed by atoms with E-state index in [1.807, 2.05) is 32.0 Å². The van der Waals surface area contributed by atoms with Gasteiger partial charge in [-0.3, -0.25) is 4.79 Å². The molecule has 0 spiro atoms. The molecule has 0 saturated heterocycles. The van der Waals surface area contributed by atoms with Crippen molar-refractivity contribution >= 4 is 29.7 Å². The lowest BCUT2D eigenvalue weighted by Gasteiger charge is -2.07. The van der Waals surface area contributed by atoms with E-state index in [0.29, 0.717) is 22.1 Å². The number of nitrogens with zero attached hydrogens (tertiary/aromatic N) is 1. The van der Waals surface area contributed by atoms with Gasteiger partial charge < -0.3 is 9.47 Å². The van der Waals surface area contributed by atoms with Crippen LogP contribution in [0, 0.1) is 13.8 Å². The van der Waals surface area contributed by atoms with Gasteiger partial charge in [-0.1, -0.05) is 17.7 Å². The molecule has 0 aliphatic carbocycles. The van der Waals surface area contributed by atoms with Gasteiger partial charge >= 0.3 is 5.97 Å². The van der Waals surface area contributed by atoms with Crippen LogP contribution in [0.3, 0.4) is 0 Å². The van der Waals surface area contributed by atoms with E-state index in [1.165, 1.54) is 6.21 Å². The molecule has 3 aromatic rings. The second-order valence-corrected chi connectivity index (χ2v) is 7.31. The summed E-state index contributed by atoms with van der Waals surface area (Å²) >= 11 is 5.81. The van der Waals surface area contributed by atoms with Crippen LogP contribution < -0.4 is 14.9 Å². The van der Waals surface area contributed by atoms with Gasteiger partial charge in [0.05, 0.1) is 11.8 Å². The number of hydrazone groups is 1. The van der Waals surface area contributed by atoms with Crippen molar-refractivity contribution in [1.29, 1.82) is 0 Å². The van der Waals surface area contributed by atoms with Gasteiger partial charge in [-0.05, 0) is 91.2 Å². The Morgan fingerprint density at radius 3 is 2.23 bits per heavy atom. The first-order valence-corrected chi connectivity index (χ1v) is 9.88. The number of esters is 1. The molecule has 0 radical (unpaired) electrons. The number of benzene rings is 3. The maximum Gasteiger partial charge on any atom is 0.343 e. The van der Waals surface area contributed by atoms with Crippen molar-refractivity contribution in [2.45, 2.75) is 13.8 Å². The van der Waals surface area contributed by atoms with Crippen LogP contribution in [0.1, 0.15) is 27.0 Å². The molecule has 3 rings (SSSR count). The Morgan fingerprint density at radius 2 is 1.58 bits per heavy atom. The average molecular weight is 437 g/mol. The number of aryl methyl sites for hydroxylation is 2. The molecule has 0 unspecified atom stereocenters. The van der Waals surface area contributed by atoms with Crippen LogP contribution in [0.25, 0.3) is 0 Å². The Balaban J connectivity index is 1.47. The van der Waals surface area contributed by atoms with Crippen LogP contribution in [0.4, 0.5) is 0 Å². The summed E-state index contributed by atoms with van der Waals surface area (Å²) in [7, 11) is 0. The monoisotopic (exact) mass is 436 g/mol. The third-order valence-corrected chi connectivity index (χ3v) is 4.39. The third-order valence-electron chi connectivity index (χ3n) is 4.14. The predicted octanol–water partition coefficient (Wildman–Crippen LogP) is 4.71. The molecule has 0 fully saturated rings. The average Bonchev–Trinajstić information content (AvgIpc) is 2.73. The molecular formula is C24H21ClN2O4. The summed E-state index contributed by atoms with van der Waals surface area (Å²) in [6.07, 6.45) is 1.49. The molecule has 0 aromatic heterocycles. The highest BCUT2D eigenvalue weighted by Gasteiger charge is 2.08. The van der Waals surface area contributed by atoms with Gasteiger partial charge in [-0.25, -0.2) is 10.2 Å². The van der Waals surface area contributed by atoms with Crippen LogP contribution in [-0.2, 0) is 4.79 Å². The van der Waals surface area contributed by atoms with Crippen LogP contribution in [0.15, 0.2) is 71.8 Å². The highest BCUT2D eigenvalue weighted by molar-refractivity contribution is 6.30. The SMILES string of the molecule is Cc1cc(C)cc(OCC(=O)N/N=C\c2ccc(OC(=O)c3ccc(Cl)cc3)cc2)c1. The Morgan fingerprint density at radius 1 is 0.935 bits per heavy atom. The number of carbonyl (C=O) groups excluding carboxylic acids is 2. The molecule has 3 aromatic carbocycles. The van der Waals surface area contributed by atoms with Crippen molar-refractivity contribution in [2.75, 3.05) is 6.61 Å². The zero-order chi connectivity index (χ0) is 22.2. The Hall–Kier alpha value is -3.64. The van der Waals surface area contributed by atoms with E-state index in [4.69, 9.17) is 21.1 Å². The summed E-state index contributed by atoms with van der Waals surface area (Å²) in [5, 5.41) is 4.46. The van der Waals surface area contributed by atoms with E-state index in [0.717, 1.165) is 16.7 Å². The standard InChI is InChI=1S/C24H21ClN2O4/c1-16-11-17(2)13-22(12-16)30-15-23(28)27-26-14-18-3-9-21(10-4-18)31-24(29)19-5-7-20(25)8-6-19/h3-14H,15H2,1-2H3,(H,27,28)/b26-14-. The van der Waals surface area contributed by atoms with Crippen molar-refractivity contribution < 1.29 is 19.1 Å². The van der Waals surface area contributed by atoms with Crippen LogP contribution >= 0.6 is 11.6 Å². The largest absolute Gasteiger partial charge is 0.484 e. The maximum absolute atomic E-state index is 12.1. The summed E-state index contributed by atoms with van der Waals surface area (Å²) in [5.74, 6) is 0.182. The highest BCUT2D eigenvalue weighted by Crippen LogP contribution is 2.16. The number of carbonyl (C=O) groups is 2. The van der Waals surface area contributed by atoms with E-state index in [1.54, 1.807) is 48.5 Å². The topological polar surface area (TPSA) is 77.0 Å². The minimum atomic E-state index is -0.478. The molecule has 0 saturated carbocycles. The summed E-state index contributed by atoms with van der Waals surface area (Å²) in [6, 6.07) is 18.9. The Labute approximate surface area is 185 Å². The molecule has 0 aliphatic rings. The highest BCUT2D eigenvalue weighted by atomic mass is 35.5. The minimum Gasteiger partial charge on any atom is -0.484 e. The number of amides is 1. The lowest BCUT2D eigenvalue weighted by Crippen LogP contribution is -2.24. The van der Waals surface area contributed by atoms with E-state index < -0.39 is 5.97 Å². The number of nitrogens with one attached hydrogen (secondary N) is 1. The van der Waals surface area contributed by atoms with Gasteiger partial charge in [0, 0.05) is 5.02 Å². The maximum atomic E-state index is 12.1. The first kappa shape index (κ1) is 22.1. The van der Waals surface area contributed by atoms with E-state index >= 15 is 0 Å². The Bertz CT molecular complexity index is 1070. The van der Waals surface area contributed by atoms with Gasteiger partial charge in [0.2, 0.25) is 0 Å². The Kier molecular flexibility index (Phi) is 7.40. The fraction of sp³-hybridized carbons (Fsp3) is 0.125. The molecule has 1 amide bonds. The van der Waals surface area contributed by atoms with E-state index in [2.05, 4.69) is 10.5 Å². The van der Waals surface area contributed by atoms with Crippen molar-refractivity contribution in [3.63, 3.8) is 0 Å². The van der Waals surface area contributed by atoms with Gasteiger partial charge in [0.25, 0.3) is 5.91 Å². The molecule has 0 bridgehead atoms. The van der Waals surface area contributed by atoms with Crippen molar-refractivity contribution in [3.8, 4) is 11.5 Å². The van der Waals surface area contributed by atoms with Crippen LogP contribution in [0.2, 0.25) is 5.02 Å². The van der Waals surface area contributed by atoms with Gasteiger partial charge in [-0.15, -0.1) is 0 Å². The van der Waals surface area contributed by atoms with Gasteiger partial charge in [-0.2, -0.15) is 5.10 Å². The fourth-order valence-electron chi connectivity index (χ4n) is 2.75. The molecule has 6 nitrogen and oxygen atoms in total. The molecule has 1 N–H and O–H groups in total. The number of ether oxygens (including phenoxy) is 2. The molecule has 7 heteroatoms. The van der Waals surface area contributed by atoms with Gasteiger partial charge in [0.1, 0.15) is 11.5 Å². The molecule has 158 valence electrons. The first-order chi connectivity index (χ1) is 14.9. The summed E-state index contributed by atoms with van der Waals surface area (Å²) in [5.41, 5.74) is 5.67. The first-order valence-electron chi connectivity index (χ1n) is 9.50. The smallest absolute Gasteiger partial charge is 0.343 e. The molecule has 31 heavy (non-hydrogen) atoms. The number of halogens is 1. The fourth-order valence-corrected chi connectivity index (χ4v) is 2.88. The second-order valence-electron chi connectivity index (χ2n) is 6.87. The predicted molar refractivity (Wildman–Crippen MR) is 120 cm³/mol. The van der Waals surface area contributed by atoms with Crippen molar-refractivity contribution in [1.82, 2.24) is 5.43 Å². The lowest BCUT2D eigenvalue weighted by molar-refractivity contribution is -0.123. The molecule has 0 aliphatic heterocycles. The van der Waals surface area contributed by atoms with Crippen molar-refractivity contribution in [3.05, 3.63) is 94.0 Å². The summed E-state index contributed by atoms with van der Waals surface area (Å²) in [4.78, 5) is 24.0. The van der Waals surface area contributed by atoms with Crippen LogP contribution in [0.5, 0.6) is 11.5 Å². The van der Waals surface area contributed by atoms with E-state index in [-0.39, 0.29) is 12.5 Å². The molecule has 0 heterocycles. The molecular weight excluding hydrogens is 416 g/mol. The zero-order valence-electron chi connectivity index (χ0n) is 17.1. The lowest BCUT2D eigenvalue weighted by atomic mass is 10.1. The minimum absolute atomic E-state index is 0.139. The quantitative estimate of drug-likeness (QED) is 0.252. The third kappa shape index (κ3) is 6.97.